The highest BCUT2D eigenvalue weighted by molar-refractivity contribution is 6.00. The van der Waals surface area contributed by atoms with Gasteiger partial charge in [-0.05, 0) is 32.0 Å². The standard InChI is InChI=1S/C18H26N2O4/c1-3-22-16-5-4-14(12-15(16)19)17(21)13(2)20-8-6-18(7-9-20)23-10-11-24-18/h4-5,12-13H,3,6-11,19H2,1-2H3. The number of nitrogens with zero attached hydrogens (tertiary/aromatic N) is 1. The lowest BCUT2D eigenvalue weighted by molar-refractivity contribution is -0.186. The van der Waals surface area contributed by atoms with Crippen LogP contribution in [0.15, 0.2) is 18.2 Å². The first-order chi connectivity index (χ1) is 11.5. The van der Waals surface area contributed by atoms with Crippen molar-refractivity contribution in [2.45, 2.75) is 38.5 Å². The predicted molar refractivity (Wildman–Crippen MR) is 91.3 cm³/mol. The number of benzene rings is 1. The molecular weight excluding hydrogens is 308 g/mol. The molecule has 2 N–H and O–H groups in total. The minimum Gasteiger partial charge on any atom is -0.492 e. The van der Waals surface area contributed by atoms with E-state index in [0.717, 1.165) is 25.9 Å². The Kier molecular flexibility index (Phi) is 5.08. The van der Waals surface area contributed by atoms with Crippen molar-refractivity contribution in [3.05, 3.63) is 23.8 Å². The molecule has 2 heterocycles. The van der Waals surface area contributed by atoms with E-state index in [1.54, 1.807) is 18.2 Å². The smallest absolute Gasteiger partial charge is 0.179 e. The molecule has 2 aliphatic heterocycles. The molecule has 2 fully saturated rings. The summed E-state index contributed by atoms with van der Waals surface area (Å²) < 4.78 is 16.9. The van der Waals surface area contributed by atoms with Crippen LogP contribution in [0.5, 0.6) is 5.75 Å². The van der Waals surface area contributed by atoms with E-state index in [1.807, 2.05) is 13.8 Å². The van der Waals surface area contributed by atoms with Crippen molar-refractivity contribution in [3.63, 3.8) is 0 Å². The van der Waals surface area contributed by atoms with Gasteiger partial charge in [-0.3, -0.25) is 9.69 Å². The maximum absolute atomic E-state index is 12.8. The van der Waals surface area contributed by atoms with Crippen molar-refractivity contribution < 1.29 is 19.0 Å². The first-order valence-electron chi connectivity index (χ1n) is 8.63. The summed E-state index contributed by atoms with van der Waals surface area (Å²) in [6.45, 7) is 7.32. The molecule has 132 valence electrons. The lowest BCUT2D eigenvalue weighted by atomic mass is 9.98. The monoisotopic (exact) mass is 334 g/mol. The molecule has 24 heavy (non-hydrogen) atoms. The van der Waals surface area contributed by atoms with E-state index in [-0.39, 0.29) is 11.8 Å². The summed E-state index contributed by atoms with van der Waals surface area (Å²) in [7, 11) is 0. The van der Waals surface area contributed by atoms with Crippen LogP contribution in [0.25, 0.3) is 0 Å². The van der Waals surface area contributed by atoms with Crippen molar-refractivity contribution in [3.8, 4) is 5.75 Å². The number of likely N-dealkylation sites (tertiary alicyclic amines) is 1. The Bertz CT molecular complexity index is 589. The topological polar surface area (TPSA) is 74.0 Å². The summed E-state index contributed by atoms with van der Waals surface area (Å²) in [6, 6.07) is 5.07. The van der Waals surface area contributed by atoms with Crippen molar-refractivity contribution in [1.82, 2.24) is 4.90 Å². The molecule has 3 rings (SSSR count). The number of Topliss-reactive ketones (excluding diaryl/α,β-unsaturated/α-hetero) is 1. The van der Waals surface area contributed by atoms with Crippen LogP contribution in [0.3, 0.4) is 0 Å². The van der Waals surface area contributed by atoms with Gasteiger partial charge in [0.05, 0.1) is 31.5 Å². The molecule has 0 aromatic heterocycles. The van der Waals surface area contributed by atoms with Crippen LogP contribution < -0.4 is 10.5 Å². The zero-order valence-electron chi connectivity index (χ0n) is 14.4. The van der Waals surface area contributed by atoms with E-state index in [2.05, 4.69) is 4.90 Å². The zero-order chi connectivity index (χ0) is 17.2. The van der Waals surface area contributed by atoms with Gasteiger partial charge >= 0.3 is 0 Å². The van der Waals surface area contributed by atoms with E-state index >= 15 is 0 Å². The Morgan fingerprint density at radius 1 is 1.33 bits per heavy atom. The lowest BCUT2D eigenvalue weighted by Gasteiger charge is -2.39. The van der Waals surface area contributed by atoms with E-state index in [1.165, 1.54) is 0 Å². The van der Waals surface area contributed by atoms with Crippen LogP contribution in [0.2, 0.25) is 0 Å². The maximum atomic E-state index is 12.8. The van der Waals surface area contributed by atoms with E-state index < -0.39 is 5.79 Å². The number of carbonyl (C=O) groups is 1. The summed E-state index contributed by atoms with van der Waals surface area (Å²) in [5.41, 5.74) is 7.10. The number of ether oxygens (including phenoxy) is 3. The molecule has 0 radical (unpaired) electrons. The van der Waals surface area contributed by atoms with Gasteiger partial charge < -0.3 is 19.9 Å². The highest BCUT2D eigenvalue weighted by Crippen LogP contribution is 2.32. The zero-order valence-corrected chi connectivity index (χ0v) is 14.4. The predicted octanol–water partition coefficient (Wildman–Crippen LogP) is 2.08. The molecule has 1 aromatic rings. The maximum Gasteiger partial charge on any atom is 0.179 e. The second-order valence-corrected chi connectivity index (χ2v) is 6.37. The normalized spacial score (nSPS) is 21.8. The molecule has 1 unspecified atom stereocenters. The van der Waals surface area contributed by atoms with Gasteiger partial charge in [0.1, 0.15) is 5.75 Å². The van der Waals surface area contributed by atoms with E-state index in [0.29, 0.717) is 36.8 Å². The van der Waals surface area contributed by atoms with Crippen molar-refractivity contribution in [2.24, 2.45) is 0 Å². The third-order valence-corrected chi connectivity index (χ3v) is 4.89. The molecule has 0 amide bonds. The van der Waals surface area contributed by atoms with Gasteiger partial charge in [0.15, 0.2) is 11.6 Å². The molecule has 6 heteroatoms. The van der Waals surface area contributed by atoms with Gasteiger partial charge in [0.25, 0.3) is 0 Å². The average molecular weight is 334 g/mol. The van der Waals surface area contributed by atoms with Crippen molar-refractivity contribution in [2.75, 3.05) is 38.6 Å². The largest absolute Gasteiger partial charge is 0.492 e. The van der Waals surface area contributed by atoms with Gasteiger partial charge in [-0.1, -0.05) is 0 Å². The summed E-state index contributed by atoms with van der Waals surface area (Å²) in [5, 5.41) is 0. The average Bonchev–Trinajstić information content (AvgIpc) is 3.04. The Morgan fingerprint density at radius 2 is 2.00 bits per heavy atom. The molecule has 1 spiro atoms. The lowest BCUT2D eigenvalue weighted by Crippen LogP contribution is -2.50. The van der Waals surface area contributed by atoms with Gasteiger partial charge in [-0.2, -0.15) is 0 Å². The van der Waals surface area contributed by atoms with Crippen LogP contribution in [0, 0.1) is 0 Å². The molecule has 2 saturated heterocycles. The quantitative estimate of drug-likeness (QED) is 0.656. The van der Waals surface area contributed by atoms with Gasteiger partial charge in [0, 0.05) is 31.5 Å². The SMILES string of the molecule is CCOc1ccc(C(=O)C(C)N2CCC3(CC2)OCCO3)cc1N. The molecule has 1 aromatic carbocycles. The minimum atomic E-state index is -0.414. The fourth-order valence-corrected chi connectivity index (χ4v) is 3.43. The van der Waals surface area contributed by atoms with Gasteiger partial charge in [0.2, 0.25) is 0 Å². The molecule has 6 nitrogen and oxygen atoms in total. The number of hydrogen-bond donors (Lipinski definition) is 1. The van der Waals surface area contributed by atoms with Crippen LogP contribution in [0.1, 0.15) is 37.0 Å². The van der Waals surface area contributed by atoms with E-state index in [9.17, 15) is 4.79 Å². The summed E-state index contributed by atoms with van der Waals surface area (Å²) in [6.07, 6.45) is 1.60. The molecular formula is C18H26N2O4. The number of piperidine rings is 1. The second kappa shape index (κ2) is 7.09. The molecule has 0 bridgehead atoms. The molecule has 0 aliphatic carbocycles. The number of nitrogen functional groups attached to an aromatic ring is 1. The first-order valence-corrected chi connectivity index (χ1v) is 8.63. The van der Waals surface area contributed by atoms with Crippen LogP contribution >= 0.6 is 0 Å². The number of carbonyl (C=O) groups excluding carboxylic acids is 1. The van der Waals surface area contributed by atoms with Crippen LogP contribution in [-0.4, -0.2) is 55.4 Å². The number of hydrogen-bond acceptors (Lipinski definition) is 6. The van der Waals surface area contributed by atoms with Crippen LogP contribution in [-0.2, 0) is 9.47 Å². The molecule has 2 aliphatic rings. The summed E-state index contributed by atoms with van der Waals surface area (Å²) in [4.78, 5) is 15.0. The fraction of sp³-hybridized carbons (Fsp3) is 0.611. The van der Waals surface area contributed by atoms with Gasteiger partial charge in [-0.25, -0.2) is 0 Å². The Hall–Kier alpha value is -1.63. The number of nitrogens with two attached hydrogens (primary N) is 1. The highest BCUT2D eigenvalue weighted by Gasteiger charge is 2.41. The minimum absolute atomic E-state index is 0.0777. The van der Waals surface area contributed by atoms with E-state index in [4.69, 9.17) is 19.9 Å². The third kappa shape index (κ3) is 3.41. The Balaban J connectivity index is 1.63. The number of rotatable bonds is 5. The summed E-state index contributed by atoms with van der Waals surface area (Å²) >= 11 is 0. The Morgan fingerprint density at radius 3 is 2.58 bits per heavy atom. The fourth-order valence-electron chi connectivity index (χ4n) is 3.43. The van der Waals surface area contributed by atoms with Crippen LogP contribution in [0.4, 0.5) is 5.69 Å². The van der Waals surface area contributed by atoms with Crippen molar-refractivity contribution >= 4 is 11.5 Å². The second-order valence-electron chi connectivity index (χ2n) is 6.37. The third-order valence-electron chi connectivity index (χ3n) is 4.89. The number of ketones is 1. The number of anilines is 1. The van der Waals surface area contributed by atoms with Crippen molar-refractivity contribution in [1.29, 1.82) is 0 Å². The Labute approximate surface area is 142 Å². The summed E-state index contributed by atoms with van der Waals surface area (Å²) in [5.74, 6) is 0.286. The molecule has 0 saturated carbocycles. The van der Waals surface area contributed by atoms with Gasteiger partial charge in [-0.15, -0.1) is 0 Å². The molecule has 1 atom stereocenters. The highest BCUT2D eigenvalue weighted by atomic mass is 16.7. The first kappa shape index (κ1) is 17.2.